The third kappa shape index (κ3) is 3.91. The van der Waals surface area contributed by atoms with Crippen molar-refractivity contribution in [1.29, 1.82) is 0 Å². The van der Waals surface area contributed by atoms with E-state index in [1.54, 1.807) is 7.05 Å². The number of nitrogens with two attached hydrogens (primary N) is 1. The second kappa shape index (κ2) is 4.23. The molecule has 0 spiro atoms. The van der Waals surface area contributed by atoms with E-state index in [0.717, 1.165) is 0 Å². The third-order valence-corrected chi connectivity index (χ3v) is 1.59. The monoisotopic (exact) mass is 122 g/mol. The van der Waals surface area contributed by atoms with Gasteiger partial charge in [-0.1, -0.05) is 0 Å². The summed E-state index contributed by atoms with van der Waals surface area (Å²) >= 11 is 0. The van der Waals surface area contributed by atoms with Crippen LogP contribution in [0.4, 0.5) is 0 Å². The summed E-state index contributed by atoms with van der Waals surface area (Å²) in [7, 11) is 0.743. The van der Waals surface area contributed by atoms with Gasteiger partial charge in [0.05, 0.1) is 16.7 Å². The highest BCUT2D eigenvalue weighted by molar-refractivity contribution is 7.83. The van der Waals surface area contributed by atoms with Crippen LogP contribution in [0.25, 0.3) is 0 Å². The molecule has 0 heterocycles. The predicted octanol–water partition coefficient (Wildman–Crippen LogP) is -1.17. The molecule has 0 bridgehead atoms. The van der Waals surface area contributed by atoms with Gasteiger partial charge in [-0.3, -0.25) is 0 Å². The van der Waals surface area contributed by atoms with Crippen molar-refractivity contribution < 1.29 is 4.21 Å². The van der Waals surface area contributed by atoms with Crippen LogP contribution in [0.15, 0.2) is 0 Å². The van der Waals surface area contributed by atoms with Gasteiger partial charge in [-0.25, -0.2) is 8.93 Å². The molecule has 0 aliphatic heterocycles. The normalized spacial score (nSPS) is 14.0. The minimum atomic E-state index is -0.902. The maximum Gasteiger partial charge on any atom is 0.0925 e. The van der Waals surface area contributed by atoms with E-state index in [1.807, 2.05) is 0 Å². The van der Waals surface area contributed by atoms with Crippen molar-refractivity contribution in [3.05, 3.63) is 0 Å². The van der Waals surface area contributed by atoms with Crippen molar-refractivity contribution in [1.82, 2.24) is 4.72 Å². The first kappa shape index (κ1) is 7.07. The SMILES string of the molecule is CNS(=O)CCN. The Hall–Kier alpha value is 0.0700. The Bertz CT molecular complexity index is 66.0. The zero-order valence-electron chi connectivity index (χ0n) is 4.31. The van der Waals surface area contributed by atoms with Crippen molar-refractivity contribution in [3.63, 3.8) is 0 Å². The molecule has 1 atom stereocenters. The molecule has 0 aliphatic carbocycles. The molecule has 0 aromatic heterocycles. The maximum atomic E-state index is 10.3. The Morgan fingerprint density at radius 2 is 2.43 bits per heavy atom. The van der Waals surface area contributed by atoms with E-state index in [1.165, 1.54) is 0 Å². The van der Waals surface area contributed by atoms with Crippen LogP contribution < -0.4 is 10.5 Å². The van der Waals surface area contributed by atoms with Gasteiger partial charge in [0, 0.05) is 6.54 Å². The Morgan fingerprint density at radius 1 is 1.86 bits per heavy atom. The fourth-order valence-corrected chi connectivity index (χ4v) is 0.627. The molecule has 0 radical (unpaired) electrons. The summed E-state index contributed by atoms with van der Waals surface area (Å²) in [6.45, 7) is 0.480. The molecule has 0 saturated heterocycles. The van der Waals surface area contributed by atoms with Gasteiger partial charge in [-0.15, -0.1) is 0 Å². The maximum absolute atomic E-state index is 10.3. The summed E-state index contributed by atoms with van der Waals surface area (Å²) in [5.74, 6) is 0.538. The van der Waals surface area contributed by atoms with E-state index < -0.39 is 11.0 Å². The average Bonchev–Trinajstić information content (AvgIpc) is 1.68. The highest BCUT2D eigenvalue weighted by Crippen LogP contribution is 1.65. The van der Waals surface area contributed by atoms with Crippen molar-refractivity contribution >= 4 is 11.0 Å². The second-order valence-corrected chi connectivity index (χ2v) is 2.55. The lowest BCUT2D eigenvalue weighted by Gasteiger charge is -1.91. The number of rotatable bonds is 3. The molecule has 0 amide bonds. The minimum Gasteiger partial charge on any atom is -0.330 e. The van der Waals surface area contributed by atoms with Crippen LogP contribution in [0.2, 0.25) is 0 Å². The van der Waals surface area contributed by atoms with Crippen LogP contribution in [0.3, 0.4) is 0 Å². The zero-order valence-corrected chi connectivity index (χ0v) is 5.12. The zero-order chi connectivity index (χ0) is 5.70. The molecule has 7 heavy (non-hydrogen) atoms. The smallest absolute Gasteiger partial charge is 0.0925 e. The molecule has 44 valence electrons. The van der Waals surface area contributed by atoms with Gasteiger partial charge in [-0.05, 0) is 7.05 Å². The largest absolute Gasteiger partial charge is 0.330 e. The van der Waals surface area contributed by atoms with Crippen molar-refractivity contribution in [2.45, 2.75) is 0 Å². The van der Waals surface area contributed by atoms with E-state index in [2.05, 4.69) is 4.72 Å². The molecule has 0 saturated carbocycles. The van der Waals surface area contributed by atoms with Crippen molar-refractivity contribution in [3.8, 4) is 0 Å². The lowest BCUT2D eigenvalue weighted by atomic mass is 10.8. The first-order chi connectivity index (χ1) is 3.31. The van der Waals surface area contributed by atoms with Crippen LogP contribution in [0.5, 0.6) is 0 Å². The summed E-state index contributed by atoms with van der Waals surface area (Å²) in [5.41, 5.74) is 5.07. The molecule has 0 aromatic rings. The summed E-state index contributed by atoms with van der Waals surface area (Å²) < 4.78 is 12.9. The van der Waals surface area contributed by atoms with Crippen LogP contribution in [0.1, 0.15) is 0 Å². The summed E-state index contributed by atoms with van der Waals surface area (Å²) in [6, 6.07) is 0. The summed E-state index contributed by atoms with van der Waals surface area (Å²) in [6.07, 6.45) is 0. The molecule has 1 unspecified atom stereocenters. The molecule has 0 fully saturated rings. The molecular formula is C3H10N2OS. The standard InChI is InChI=1S/C3H10N2OS/c1-5-7(6)3-2-4/h5H,2-4H2,1H3. The predicted molar refractivity (Wildman–Crippen MR) is 31.1 cm³/mol. The fourth-order valence-electron chi connectivity index (χ4n) is 0.209. The van der Waals surface area contributed by atoms with E-state index in [-0.39, 0.29) is 0 Å². The minimum absolute atomic E-state index is 0.480. The van der Waals surface area contributed by atoms with Gasteiger partial charge in [0.2, 0.25) is 0 Å². The summed E-state index contributed by atoms with van der Waals surface area (Å²) in [4.78, 5) is 0. The molecule has 3 nitrogen and oxygen atoms in total. The van der Waals surface area contributed by atoms with Crippen LogP contribution >= 0.6 is 0 Å². The quantitative estimate of drug-likeness (QED) is 0.495. The van der Waals surface area contributed by atoms with Gasteiger partial charge < -0.3 is 5.73 Å². The number of hydrogen-bond acceptors (Lipinski definition) is 2. The number of nitrogens with one attached hydrogen (secondary N) is 1. The first-order valence-corrected chi connectivity index (χ1v) is 3.39. The Labute approximate surface area is 45.9 Å². The van der Waals surface area contributed by atoms with Gasteiger partial charge >= 0.3 is 0 Å². The average molecular weight is 122 g/mol. The van der Waals surface area contributed by atoms with E-state index in [0.29, 0.717) is 12.3 Å². The topological polar surface area (TPSA) is 55.1 Å². The van der Waals surface area contributed by atoms with Crippen LogP contribution in [0, 0.1) is 0 Å². The second-order valence-electron chi connectivity index (χ2n) is 1.04. The van der Waals surface area contributed by atoms with Crippen molar-refractivity contribution in [2.75, 3.05) is 19.3 Å². The lowest BCUT2D eigenvalue weighted by molar-refractivity contribution is 0.677. The van der Waals surface area contributed by atoms with Crippen molar-refractivity contribution in [2.24, 2.45) is 5.73 Å². The number of hydrogen-bond donors (Lipinski definition) is 2. The van der Waals surface area contributed by atoms with E-state index >= 15 is 0 Å². The van der Waals surface area contributed by atoms with Gasteiger partial charge in [0.1, 0.15) is 0 Å². The van der Waals surface area contributed by atoms with E-state index in [4.69, 9.17) is 5.73 Å². The molecule has 3 N–H and O–H groups in total. The highest BCUT2D eigenvalue weighted by atomic mass is 32.2. The molecule has 0 aromatic carbocycles. The first-order valence-electron chi connectivity index (χ1n) is 2.07. The third-order valence-electron chi connectivity index (χ3n) is 0.531. The Balaban J connectivity index is 3.00. The van der Waals surface area contributed by atoms with E-state index in [9.17, 15) is 4.21 Å². The Kier molecular flexibility index (Phi) is 4.28. The molecule has 4 heteroatoms. The Morgan fingerprint density at radius 3 is 2.57 bits per heavy atom. The lowest BCUT2D eigenvalue weighted by Crippen LogP contribution is -2.19. The van der Waals surface area contributed by atoms with Crippen LogP contribution in [-0.2, 0) is 11.0 Å². The van der Waals surface area contributed by atoms with Gasteiger partial charge in [-0.2, -0.15) is 0 Å². The van der Waals surface area contributed by atoms with Gasteiger partial charge in [0.15, 0.2) is 0 Å². The summed E-state index contributed by atoms with van der Waals surface area (Å²) in [5, 5.41) is 0. The van der Waals surface area contributed by atoms with Crippen LogP contribution in [-0.4, -0.2) is 23.6 Å². The molecule has 0 aliphatic rings. The molecule has 0 rings (SSSR count). The molecular weight excluding hydrogens is 112 g/mol. The highest BCUT2D eigenvalue weighted by Gasteiger charge is 1.87. The fraction of sp³-hybridized carbons (Fsp3) is 1.00. The van der Waals surface area contributed by atoms with Gasteiger partial charge in [0.25, 0.3) is 0 Å².